The molecule has 2 saturated heterocycles. The van der Waals surface area contributed by atoms with Gasteiger partial charge in [-0.05, 0) is 0 Å². The molecule has 0 aromatic rings. The summed E-state index contributed by atoms with van der Waals surface area (Å²) in [6, 6.07) is 0. The molecule has 0 aromatic carbocycles. The van der Waals surface area contributed by atoms with Gasteiger partial charge in [0.05, 0.1) is 38.6 Å². The first kappa shape index (κ1) is 37.7. The molecule has 16 nitrogen and oxygen atoms in total. The molecule has 2 heterocycles. The summed E-state index contributed by atoms with van der Waals surface area (Å²) < 4.78 is 15.6. The van der Waals surface area contributed by atoms with Gasteiger partial charge in [0.2, 0.25) is 0 Å². The van der Waals surface area contributed by atoms with Crippen molar-refractivity contribution >= 4 is 18.8 Å². The van der Waals surface area contributed by atoms with Crippen LogP contribution in [0, 0.1) is 16.0 Å². The van der Waals surface area contributed by atoms with E-state index < -0.39 is 90.7 Å². The Balaban J connectivity index is -0.00000101. The largest absolute Gasteiger partial charge is 0.693 e. The number of halogens is 2. The molecule has 19 heteroatoms. The summed E-state index contributed by atoms with van der Waals surface area (Å²) >= 11 is -0.472. The Morgan fingerprint density at radius 3 is 1.70 bits per heavy atom. The summed E-state index contributed by atoms with van der Waals surface area (Å²) in [5.74, 6) is -0.853. The molecule has 0 aliphatic carbocycles. The van der Waals surface area contributed by atoms with Gasteiger partial charge in [-0.15, -0.1) is 5.34 Å². The van der Waals surface area contributed by atoms with Gasteiger partial charge in [0.15, 0.2) is 6.29 Å². The molecule has 0 saturated carbocycles. The van der Waals surface area contributed by atoms with Crippen molar-refractivity contribution in [2.75, 3.05) is 26.4 Å². The third kappa shape index (κ3) is 11.6. The van der Waals surface area contributed by atoms with E-state index in [0.717, 1.165) is 5.34 Å². The van der Waals surface area contributed by atoms with Gasteiger partial charge in [-0.1, -0.05) is 0 Å². The van der Waals surface area contributed by atoms with Gasteiger partial charge in [-0.3, -0.25) is 0 Å². The zero-order valence-electron chi connectivity index (χ0n) is 16.9. The van der Waals surface area contributed by atoms with Crippen molar-refractivity contribution in [2.24, 2.45) is 11.3 Å². The van der Waals surface area contributed by atoms with Crippen LogP contribution in [0.15, 0.2) is 5.34 Å². The van der Waals surface area contributed by atoms with Crippen LogP contribution in [0.25, 0.3) is 12.3 Å². The molecule has 2 aliphatic heterocycles. The van der Waals surface area contributed by atoms with Crippen LogP contribution in [0.4, 0.5) is 0 Å². The van der Waals surface area contributed by atoms with Crippen molar-refractivity contribution in [1.29, 1.82) is 0 Å². The molecule has 33 heavy (non-hydrogen) atoms. The van der Waals surface area contributed by atoms with Gasteiger partial charge in [0.1, 0.15) is 36.6 Å². The van der Waals surface area contributed by atoms with Gasteiger partial charge in [0, 0.05) is 5.92 Å². The third-order valence-corrected chi connectivity index (χ3v) is 4.64. The van der Waals surface area contributed by atoms with Gasteiger partial charge in [0.25, 0.3) is 0 Å². The van der Waals surface area contributed by atoms with E-state index in [9.17, 15) is 35.7 Å². The minimum absolute atomic E-state index is 0. The van der Waals surface area contributed by atoms with Crippen molar-refractivity contribution in [3.63, 3.8) is 0 Å². The number of hydrogen-bond donors (Lipinski definition) is 8. The number of hydrogen-bond acceptors (Lipinski definition) is 14. The van der Waals surface area contributed by atoms with Crippen molar-refractivity contribution in [3.8, 4) is 0 Å². The first-order chi connectivity index (χ1) is 14.6. The predicted molar refractivity (Wildman–Crippen MR) is 109 cm³/mol. The van der Waals surface area contributed by atoms with E-state index in [2.05, 4.69) is 0 Å². The zero-order valence-corrected chi connectivity index (χ0v) is 20.7. The maximum atomic E-state index is 9.99. The quantitative estimate of drug-likeness (QED) is 0.109. The summed E-state index contributed by atoms with van der Waals surface area (Å²) in [6.07, 6.45) is -12.1. The van der Waals surface area contributed by atoms with E-state index in [-0.39, 0.29) is 25.5 Å². The monoisotopic (exact) mass is 713 g/mol. The van der Waals surface area contributed by atoms with E-state index in [0.29, 0.717) is 0 Å². The number of rotatable bonds is 6. The average Bonchev–Trinajstić information content (AvgIpc) is 2.74. The molecule has 0 bridgehead atoms. The van der Waals surface area contributed by atoms with E-state index in [1.165, 1.54) is 0 Å². The van der Waals surface area contributed by atoms with Crippen LogP contribution in [0.1, 0.15) is 0 Å². The Kier molecular flexibility index (Phi) is 23.2. The molecule has 0 radical (unpaired) electrons. The van der Waals surface area contributed by atoms with E-state index in [4.69, 9.17) is 48.3 Å². The van der Waals surface area contributed by atoms with E-state index in [1.807, 2.05) is 0 Å². The number of aliphatic hydroxyl groups is 8. The van der Waals surface area contributed by atoms with Crippen LogP contribution in [-0.4, -0.2) is 122 Å². The van der Waals surface area contributed by atoms with Crippen LogP contribution in [0.5, 0.6) is 0 Å². The maximum Gasteiger partial charge on any atom is -0.693 e. The Morgan fingerprint density at radius 2 is 1.24 bits per heavy atom. The second kappa shape index (κ2) is 20.4. The second-order valence-corrected chi connectivity index (χ2v) is 9.70. The SMILES string of the molecule is O=N[O-].OCC1OC(COCC2C(CO)OC(O)C(O)C2O)C(O)C(O)C1O.[Cl][Pt+2][Cl].[NH2-].[NH2-]. The van der Waals surface area contributed by atoms with Crippen LogP contribution in [0.3, 0.4) is 0 Å². The van der Waals surface area contributed by atoms with Gasteiger partial charge < -0.3 is 77.5 Å². The van der Waals surface area contributed by atoms with Crippen LogP contribution in [-0.2, 0) is 30.7 Å². The number of aliphatic hydroxyl groups excluding tert-OH is 8. The van der Waals surface area contributed by atoms with Crippen molar-refractivity contribution in [2.45, 2.75) is 55.1 Å². The summed E-state index contributed by atoms with van der Waals surface area (Å²) in [4.78, 5) is 8.00. The van der Waals surface area contributed by atoms with Crippen LogP contribution >= 0.6 is 18.8 Å². The van der Waals surface area contributed by atoms with Crippen molar-refractivity contribution in [3.05, 3.63) is 22.4 Å². The van der Waals surface area contributed by atoms with Crippen LogP contribution < -0.4 is 0 Å². The molecule has 10 unspecified atom stereocenters. The number of nitrogens with zero attached hydrogens (tertiary/aromatic N) is 1. The Labute approximate surface area is 205 Å². The first-order valence-corrected chi connectivity index (χ1v) is 14.2. The maximum absolute atomic E-state index is 9.99. The molecule has 0 spiro atoms. The van der Waals surface area contributed by atoms with Crippen LogP contribution in [0.2, 0.25) is 0 Å². The normalized spacial score (nSPS) is 37.8. The topological polar surface area (TPSA) is 309 Å². The molecule has 10 atom stereocenters. The number of nitrogens with two attached hydrogens (primary N) is 2. The minimum Gasteiger partial charge on any atom is -0.693 e. The fourth-order valence-electron chi connectivity index (χ4n) is 3.02. The molecule has 0 amide bonds. The van der Waals surface area contributed by atoms with Gasteiger partial charge in [-0.2, -0.15) is 0 Å². The molecule has 204 valence electrons. The molecule has 2 aliphatic rings. The zero-order chi connectivity index (χ0) is 24.1. The fraction of sp³-hybridized carbons (Fsp3) is 1.00. The second-order valence-electron chi connectivity index (χ2n) is 6.42. The first-order valence-electron chi connectivity index (χ1n) is 8.61. The summed E-state index contributed by atoms with van der Waals surface area (Å²) in [7, 11) is 9.75. The van der Waals surface area contributed by atoms with Crippen molar-refractivity contribution in [1.82, 2.24) is 0 Å². The molecule has 0 aromatic heterocycles. The van der Waals surface area contributed by atoms with E-state index >= 15 is 0 Å². The van der Waals surface area contributed by atoms with Crippen molar-refractivity contribution < 1.29 is 71.5 Å². The molecular weight excluding hydrogens is 684 g/mol. The summed E-state index contributed by atoms with van der Waals surface area (Å²) in [5, 5.41) is 85.7. The Bertz CT molecular complexity index is 492. The molecular formula is C14H30Cl2N3O13Pt-. The number of ether oxygens (including phenoxy) is 3. The Hall–Kier alpha value is 0.148. The molecule has 2 rings (SSSR count). The standard InChI is InChI=1S/C14H26O11.2ClH.HNO2.2H2N.Pt/c15-1-6-5(9(17)13(21)14(22)25-6)3-23-4-8-11(19)12(20)10(18)7(2-16)24-8;;;2-1-3;;;/h5-22H,1-4H2;2*1H;(H,2,3);2*1H2;/q;;;;2*-1;+4/p-3. The third-order valence-electron chi connectivity index (χ3n) is 4.64. The van der Waals surface area contributed by atoms with E-state index in [1.54, 1.807) is 0 Å². The average molecular weight is 714 g/mol. The summed E-state index contributed by atoms with van der Waals surface area (Å²) in [5.41, 5.74) is 0. The fourth-order valence-corrected chi connectivity index (χ4v) is 3.02. The molecule has 2 fully saturated rings. The van der Waals surface area contributed by atoms with Gasteiger partial charge in [-0.25, -0.2) is 0 Å². The summed E-state index contributed by atoms with van der Waals surface area (Å²) in [6.45, 7) is -1.53. The predicted octanol–water partition coefficient (Wildman–Crippen LogP) is -2.05. The Morgan fingerprint density at radius 1 is 0.788 bits per heavy atom. The molecule has 12 N–H and O–H groups in total. The minimum atomic E-state index is -1.63. The smallest absolute Gasteiger partial charge is 0.693 e. The van der Waals surface area contributed by atoms with Gasteiger partial charge >= 0.3 is 35.3 Å².